The molecule has 1 amide bonds. The summed E-state index contributed by atoms with van der Waals surface area (Å²) in [6, 6.07) is 3.19. The quantitative estimate of drug-likeness (QED) is 0.833. The van der Waals surface area contributed by atoms with Gasteiger partial charge in [-0.2, -0.15) is 0 Å². The number of hydrogen-bond acceptors (Lipinski definition) is 3. The van der Waals surface area contributed by atoms with E-state index < -0.39 is 17.7 Å². The second-order valence-electron chi connectivity index (χ2n) is 4.45. The second-order valence-corrected chi connectivity index (χ2v) is 4.45. The minimum Gasteiger partial charge on any atom is -0.353 e. The van der Waals surface area contributed by atoms with Crippen LogP contribution in [0, 0.1) is 11.6 Å². The molecule has 1 aromatic carbocycles. The van der Waals surface area contributed by atoms with Crippen molar-refractivity contribution in [3.05, 3.63) is 35.4 Å². The molecule has 1 unspecified atom stereocenters. The first-order valence-electron chi connectivity index (χ1n) is 5.99. The topological polar surface area (TPSA) is 44.4 Å². The molecule has 1 aromatic rings. The summed E-state index contributed by atoms with van der Waals surface area (Å²) in [6.07, 6.45) is 0. The normalized spacial score (nSPS) is 11.9. The van der Waals surface area contributed by atoms with Crippen LogP contribution in [-0.2, 0) is 4.79 Å². The molecule has 0 heterocycles. The zero-order chi connectivity index (χ0) is 14.4. The van der Waals surface area contributed by atoms with Gasteiger partial charge in [0.25, 0.3) is 0 Å². The van der Waals surface area contributed by atoms with Crippen molar-refractivity contribution in [3.8, 4) is 0 Å². The molecule has 7 heteroatoms. The molecule has 0 bridgehead atoms. The largest absolute Gasteiger partial charge is 0.353 e. The molecule has 0 saturated heterocycles. The third-order valence-corrected chi connectivity index (χ3v) is 2.79. The molecule has 2 N–H and O–H groups in total. The summed E-state index contributed by atoms with van der Waals surface area (Å²) in [7, 11) is 5.07. The fourth-order valence-corrected chi connectivity index (χ4v) is 1.81. The van der Waals surface area contributed by atoms with E-state index in [0.29, 0.717) is 0 Å². The molecule has 4 nitrogen and oxygen atoms in total. The molecule has 20 heavy (non-hydrogen) atoms. The van der Waals surface area contributed by atoms with Crippen LogP contribution in [0.2, 0.25) is 0 Å². The van der Waals surface area contributed by atoms with Gasteiger partial charge in [0.1, 0.15) is 11.6 Å². The average Bonchev–Trinajstić information content (AvgIpc) is 2.32. The summed E-state index contributed by atoms with van der Waals surface area (Å²) in [5, 5.41) is 5.35. The van der Waals surface area contributed by atoms with Gasteiger partial charge in [0.2, 0.25) is 5.91 Å². The summed E-state index contributed by atoms with van der Waals surface area (Å²) >= 11 is 0. The number of carbonyl (C=O) groups is 1. The van der Waals surface area contributed by atoms with E-state index in [4.69, 9.17) is 0 Å². The molecule has 0 radical (unpaired) electrons. The number of rotatable bonds is 6. The van der Waals surface area contributed by atoms with E-state index in [2.05, 4.69) is 10.6 Å². The molecule has 0 aliphatic carbocycles. The summed E-state index contributed by atoms with van der Waals surface area (Å²) in [5.41, 5.74) is -0.0303. The van der Waals surface area contributed by atoms with Gasteiger partial charge in [-0.3, -0.25) is 4.79 Å². The standard InChI is InChI=1S/C13H19F2N3O.ClH/c1-16-8-12(19)17-7-11(18(2)3)13-9(14)5-4-6-10(13)15;/h4-6,11,16H,7-8H2,1-3H3,(H,17,19);1H. The maximum absolute atomic E-state index is 13.7. The summed E-state index contributed by atoms with van der Waals surface area (Å²) < 4.78 is 27.5. The maximum atomic E-state index is 13.7. The molecule has 0 spiro atoms. The number of likely N-dealkylation sites (N-methyl/N-ethyl adjacent to an activating group) is 2. The van der Waals surface area contributed by atoms with Gasteiger partial charge in [0.15, 0.2) is 0 Å². The number of halogens is 3. The van der Waals surface area contributed by atoms with Crippen LogP contribution in [0.4, 0.5) is 8.78 Å². The Hall–Kier alpha value is -1.24. The molecule has 1 atom stereocenters. The first-order chi connectivity index (χ1) is 8.97. The zero-order valence-corrected chi connectivity index (χ0v) is 12.6. The highest BCUT2D eigenvalue weighted by Crippen LogP contribution is 2.23. The molecule has 1 rings (SSSR count). The van der Waals surface area contributed by atoms with Crippen molar-refractivity contribution in [1.82, 2.24) is 15.5 Å². The number of carbonyl (C=O) groups excluding carboxylic acids is 1. The van der Waals surface area contributed by atoms with Gasteiger partial charge < -0.3 is 15.5 Å². The van der Waals surface area contributed by atoms with Crippen molar-refractivity contribution < 1.29 is 13.6 Å². The Morgan fingerprint density at radius 2 is 1.85 bits per heavy atom. The highest BCUT2D eigenvalue weighted by Gasteiger charge is 2.22. The smallest absolute Gasteiger partial charge is 0.234 e. The first-order valence-corrected chi connectivity index (χ1v) is 5.99. The first kappa shape index (κ1) is 18.8. The second kappa shape index (κ2) is 8.84. The van der Waals surface area contributed by atoms with Gasteiger partial charge >= 0.3 is 0 Å². The fourth-order valence-electron chi connectivity index (χ4n) is 1.81. The number of nitrogens with zero attached hydrogens (tertiary/aromatic N) is 1. The van der Waals surface area contributed by atoms with Crippen LogP contribution >= 0.6 is 12.4 Å². The Bertz CT molecular complexity index is 423. The van der Waals surface area contributed by atoms with Gasteiger partial charge in [-0.05, 0) is 33.3 Å². The number of nitrogens with one attached hydrogen (secondary N) is 2. The summed E-state index contributed by atoms with van der Waals surface area (Å²) in [5.74, 6) is -1.44. The van der Waals surface area contributed by atoms with E-state index in [1.807, 2.05) is 0 Å². The van der Waals surface area contributed by atoms with Crippen LogP contribution in [-0.4, -0.2) is 45.0 Å². The van der Waals surface area contributed by atoms with E-state index in [9.17, 15) is 13.6 Å². The zero-order valence-electron chi connectivity index (χ0n) is 11.7. The minimum absolute atomic E-state index is 0. The molecule has 114 valence electrons. The lowest BCUT2D eigenvalue weighted by Crippen LogP contribution is -2.38. The van der Waals surface area contributed by atoms with Gasteiger partial charge in [0.05, 0.1) is 12.6 Å². The number of amides is 1. The minimum atomic E-state index is -0.610. The van der Waals surface area contributed by atoms with Gasteiger partial charge in [-0.25, -0.2) is 8.78 Å². The van der Waals surface area contributed by atoms with Crippen molar-refractivity contribution in [1.29, 1.82) is 0 Å². The molecule has 0 aliphatic heterocycles. The monoisotopic (exact) mass is 307 g/mol. The molecule has 0 saturated carbocycles. The van der Waals surface area contributed by atoms with E-state index in [0.717, 1.165) is 0 Å². The lowest BCUT2D eigenvalue weighted by Gasteiger charge is -2.25. The molecular weight excluding hydrogens is 288 g/mol. The lowest BCUT2D eigenvalue weighted by atomic mass is 10.0. The maximum Gasteiger partial charge on any atom is 0.234 e. The third kappa shape index (κ3) is 5.03. The number of hydrogen-bond donors (Lipinski definition) is 2. The van der Waals surface area contributed by atoms with E-state index in [1.165, 1.54) is 18.2 Å². The van der Waals surface area contributed by atoms with Crippen molar-refractivity contribution in [2.75, 3.05) is 34.2 Å². The molecule has 0 aliphatic rings. The highest BCUT2D eigenvalue weighted by molar-refractivity contribution is 5.85. The summed E-state index contributed by atoms with van der Waals surface area (Å²) in [6.45, 7) is 0.311. The van der Waals surface area contributed by atoms with Gasteiger partial charge in [-0.15, -0.1) is 12.4 Å². The Morgan fingerprint density at radius 1 is 1.30 bits per heavy atom. The van der Waals surface area contributed by atoms with Crippen LogP contribution in [0.5, 0.6) is 0 Å². The highest BCUT2D eigenvalue weighted by atomic mass is 35.5. The van der Waals surface area contributed by atoms with Crippen LogP contribution in [0.25, 0.3) is 0 Å². The SMILES string of the molecule is CNCC(=O)NCC(c1c(F)cccc1F)N(C)C.Cl. The van der Waals surface area contributed by atoms with Crippen LogP contribution in [0.1, 0.15) is 11.6 Å². The Balaban J connectivity index is 0.00000361. The predicted molar refractivity (Wildman–Crippen MR) is 77.0 cm³/mol. The summed E-state index contributed by atoms with van der Waals surface area (Å²) in [4.78, 5) is 13.1. The third-order valence-electron chi connectivity index (χ3n) is 2.79. The van der Waals surface area contributed by atoms with Crippen molar-refractivity contribution in [2.45, 2.75) is 6.04 Å². The van der Waals surface area contributed by atoms with Crippen LogP contribution in [0.15, 0.2) is 18.2 Å². The predicted octanol–water partition coefficient (Wildman–Crippen LogP) is 1.32. The van der Waals surface area contributed by atoms with E-state index >= 15 is 0 Å². The Morgan fingerprint density at radius 3 is 2.30 bits per heavy atom. The molecule has 0 fully saturated rings. The van der Waals surface area contributed by atoms with Crippen LogP contribution in [0.3, 0.4) is 0 Å². The Kier molecular flexibility index (Phi) is 8.29. The van der Waals surface area contributed by atoms with E-state index in [-0.39, 0.29) is 37.0 Å². The fraction of sp³-hybridized carbons (Fsp3) is 0.462. The van der Waals surface area contributed by atoms with Crippen molar-refractivity contribution in [3.63, 3.8) is 0 Å². The van der Waals surface area contributed by atoms with Crippen molar-refractivity contribution in [2.24, 2.45) is 0 Å². The lowest BCUT2D eigenvalue weighted by molar-refractivity contribution is -0.120. The van der Waals surface area contributed by atoms with Crippen molar-refractivity contribution >= 4 is 18.3 Å². The molecular formula is C13H20ClF2N3O. The van der Waals surface area contributed by atoms with E-state index in [1.54, 1.807) is 26.0 Å². The van der Waals surface area contributed by atoms with Gasteiger partial charge in [-0.1, -0.05) is 6.07 Å². The molecule has 0 aromatic heterocycles. The van der Waals surface area contributed by atoms with Gasteiger partial charge in [0, 0.05) is 12.1 Å². The number of benzene rings is 1. The van der Waals surface area contributed by atoms with Crippen LogP contribution < -0.4 is 10.6 Å². The average molecular weight is 308 g/mol. The Labute approximate surface area is 123 Å².